The summed E-state index contributed by atoms with van der Waals surface area (Å²) in [6, 6.07) is 7.48. The van der Waals surface area contributed by atoms with E-state index in [-0.39, 0.29) is 34.9 Å². The van der Waals surface area contributed by atoms with Crippen LogP contribution in [-0.4, -0.2) is 78.8 Å². The van der Waals surface area contributed by atoms with Gasteiger partial charge >= 0.3 is 0 Å². The van der Waals surface area contributed by atoms with Gasteiger partial charge in [-0.3, -0.25) is 9.59 Å². The van der Waals surface area contributed by atoms with Gasteiger partial charge in [-0.25, -0.2) is 8.42 Å². The molecule has 0 bridgehead atoms. The third-order valence-electron chi connectivity index (χ3n) is 6.69. The number of amides is 2. The molecule has 2 fully saturated rings. The molecule has 0 saturated carbocycles. The fourth-order valence-electron chi connectivity index (χ4n) is 4.83. The lowest BCUT2D eigenvalue weighted by Gasteiger charge is -2.35. The Morgan fingerprint density at radius 3 is 2.32 bits per heavy atom. The summed E-state index contributed by atoms with van der Waals surface area (Å²) in [4.78, 5) is 29.9. The Morgan fingerprint density at radius 1 is 0.941 bits per heavy atom. The number of hydrogen-bond donors (Lipinski definition) is 0. The van der Waals surface area contributed by atoms with Crippen LogP contribution < -0.4 is 0 Å². The van der Waals surface area contributed by atoms with E-state index in [1.165, 1.54) is 4.31 Å². The zero-order valence-corrected chi connectivity index (χ0v) is 20.8. The number of likely N-dealkylation sites (tertiary alicyclic amines) is 1. The minimum atomic E-state index is -3.74. The quantitative estimate of drug-likeness (QED) is 0.655. The van der Waals surface area contributed by atoms with Crippen LogP contribution >= 0.6 is 0 Å². The lowest BCUT2D eigenvalue weighted by atomic mass is 9.95. The highest BCUT2D eigenvalue weighted by Crippen LogP contribution is 2.26. The van der Waals surface area contributed by atoms with Crippen molar-refractivity contribution < 1.29 is 22.5 Å². The molecule has 2 aliphatic rings. The Bertz CT molecular complexity index is 1140. The van der Waals surface area contributed by atoms with Gasteiger partial charge in [-0.2, -0.15) is 4.31 Å². The molecule has 1 aromatic carbocycles. The maximum Gasteiger partial charge on any atom is 0.253 e. The molecule has 0 spiro atoms. The summed E-state index contributed by atoms with van der Waals surface area (Å²) in [5, 5.41) is 3.77. The molecule has 2 amide bonds. The number of aryl methyl sites for hydroxylation is 3. The lowest BCUT2D eigenvalue weighted by Crippen LogP contribution is -2.47. The zero-order valence-electron chi connectivity index (χ0n) is 20.0. The van der Waals surface area contributed by atoms with Gasteiger partial charge in [0.1, 0.15) is 10.6 Å². The van der Waals surface area contributed by atoms with Gasteiger partial charge in [-0.15, -0.1) is 0 Å². The summed E-state index contributed by atoms with van der Waals surface area (Å²) in [6.45, 7) is 7.58. The van der Waals surface area contributed by atoms with E-state index in [0.29, 0.717) is 50.4 Å². The molecule has 3 heterocycles. The van der Waals surface area contributed by atoms with Crippen molar-refractivity contribution in [1.29, 1.82) is 0 Å². The van der Waals surface area contributed by atoms with E-state index < -0.39 is 10.0 Å². The van der Waals surface area contributed by atoms with Crippen LogP contribution in [0.5, 0.6) is 0 Å². The predicted octanol–water partition coefficient (Wildman–Crippen LogP) is 2.38. The van der Waals surface area contributed by atoms with E-state index in [0.717, 1.165) is 18.4 Å². The summed E-state index contributed by atoms with van der Waals surface area (Å²) >= 11 is 0. The van der Waals surface area contributed by atoms with Crippen molar-refractivity contribution in [3.63, 3.8) is 0 Å². The standard InChI is InChI=1S/C24H32N4O5S/c1-17-7-9-20(10-8-17)23(29)27-11-4-6-21(16-27)24(30)26-12-5-13-28(15-14-26)34(31,32)22-18(2)25-33-19(22)3/h7-10,21H,4-6,11-16H2,1-3H3. The van der Waals surface area contributed by atoms with Gasteiger partial charge in [0.25, 0.3) is 5.91 Å². The second-order valence-corrected chi connectivity index (χ2v) is 11.1. The van der Waals surface area contributed by atoms with Crippen LogP contribution in [0.2, 0.25) is 0 Å². The molecule has 1 aromatic heterocycles. The molecule has 4 rings (SSSR count). The van der Waals surface area contributed by atoms with E-state index in [4.69, 9.17) is 4.52 Å². The first-order valence-electron chi connectivity index (χ1n) is 11.8. The number of aromatic nitrogens is 1. The molecule has 1 atom stereocenters. The number of rotatable bonds is 4. The second kappa shape index (κ2) is 9.87. The van der Waals surface area contributed by atoms with Crippen LogP contribution in [0.25, 0.3) is 0 Å². The molecule has 2 aromatic rings. The number of sulfonamides is 1. The maximum absolute atomic E-state index is 13.3. The molecule has 0 radical (unpaired) electrons. The smallest absolute Gasteiger partial charge is 0.253 e. The van der Waals surface area contributed by atoms with E-state index in [1.807, 2.05) is 31.2 Å². The first kappa shape index (κ1) is 24.4. The number of piperidine rings is 1. The van der Waals surface area contributed by atoms with Crippen LogP contribution in [0, 0.1) is 26.7 Å². The largest absolute Gasteiger partial charge is 0.360 e. The Hall–Kier alpha value is -2.72. The molecule has 2 saturated heterocycles. The molecular formula is C24H32N4O5S. The maximum atomic E-state index is 13.3. The Kier molecular flexibility index (Phi) is 7.09. The zero-order chi connectivity index (χ0) is 24.5. The van der Waals surface area contributed by atoms with Gasteiger partial charge in [0.05, 0.1) is 5.92 Å². The SMILES string of the molecule is Cc1ccc(C(=O)N2CCCC(C(=O)N3CCCN(S(=O)(=O)c4c(C)noc4C)CC3)C2)cc1. The Balaban J connectivity index is 1.40. The van der Waals surface area contributed by atoms with E-state index in [2.05, 4.69) is 5.16 Å². The first-order chi connectivity index (χ1) is 16.2. The van der Waals surface area contributed by atoms with Gasteiger partial charge < -0.3 is 14.3 Å². The molecule has 0 N–H and O–H groups in total. The highest BCUT2D eigenvalue weighted by atomic mass is 32.2. The first-order valence-corrected chi connectivity index (χ1v) is 13.2. The van der Waals surface area contributed by atoms with Crippen molar-refractivity contribution in [3.8, 4) is 0 Å². The number of benzene rings is 1. The Labute approximate surface area is 200 Å². The minimum Gasteiger partial charge on any atom is -0.360 e. The summed E-state index contributed by atoms with van der Waals surface area (Å²) in [5.74, 6) is -0.0489. The van der Waals surface area contributed by atoms with Crippen LogP contribution in [0.3, 0.4) is 0 Å². The van der Waals surface area contributed by atoms with Gasteiger partial charge in [0.2, 0.25) is 15.9 Å². The third-order valence-corrected chi connectivity index (χ3v) is 8.83. The molecule has 10 heteroatoms. The van der Waals surface area contributed by atoms with E-state index >= 15 is 0 Å². The fourth-order valence-corrected chi connectivity index (χ4v) is 6.59. The molecule has 34 heavy (non-hydrogen) atoms. The highest BCUT2D eigenvalue weighted by Gasteiger charge is 2.35. The highest BCUT2D eigenvalue weighted by molar-refractivity contribution is 7.89. The monoisotopic (exact) mass is 488 g/mol. The number of hydrogen-bond acceptors (Lipinski definition) is 6. The summed E-state index contributed by atoms with van der Waals surface area (Å²) in [5.41, 5.74) is 2.07. The van der Waals surface area contributed by atoms with Crippen LogP contribution in [-0.2, 0) is 14.8 Å². The minimum absolute atomic E-state index is 0.00186. The molecular weight excluding hydrogens is 456 g/mol. The van der Waals surface area contributed by atoms with Gasteiger partial charge in [0.15, 0.2) is 5.76 Å². The second-order valence-electron chi connectivity index (χ2n) is 9.19. The van der Waals surface area contributed by atoms with E-state index in [1.54, 1.807) is 23.6 Å². The normalized spacial score (nSPS) is 20.3. The topological polar surface area (TPSA) is 104 Å². The lowest BCUT2D eigenvalue weighted by molar-refractivity contribution is -0.136. The van der Waals surface area contributed by atoms with Gasteiger partial charge in [-0.1, -0.05) is 22.9 Å². The summed E-state index contributed by atoms with van der Waals surface area (Å²) in [6.07, 6.45) is 2.05. The number of carbonyl (C=O) groups is 2. The summed E-state index contributed by atoms with van der Waals surface area (Å²) in [7, 11) is -3.74. The number of nitrogens with zero attached hydrogens (tertiary/aromatic N) is 4. The van der Waals surface area contributed by atoms with Crippen molar-refractivity contribution in [2.45, 2.75) is 44.9 Å². The predicted molar refractivity (Wildman–Crippen MR) is 126 cm³/mol. The molecule has 0 aliphatic carbocycles. The average molecular weight is 489 g/mol. The van der Waals surface area contributed by atoms with Crippen molar-refractivity contribution >= 4 is 21.8 Å². The van der Waals surface area contributed by atoms with Crippen molar-refractivity contribution in [2.75, 3.05) is 39.3 Å². The molecule has 1 unspecified atom stereocenters. The third kappa shape index (κ3) is 4.88. The van der Waals surface area contributed by atoms with E-state index in [9.17, 15) is 18.0 Å². The van der Waals surface area contributed by atoms with Crippen LogP contribution in [0.4, 0.5) is 0 Å². The Morgan fingerprint density at radius 2 is 1.65 bits per heavy atom. The van der Waals surface area contributed by atoms with Gasteiger partial charge in [-0.05, 0) is 52.2 Å². The summed E-state index contributed by atoms with van der Waals surface area (Å²) < 4.78 is 32.8. The molecule has 2 aliphatic heterocycles. The van der Waals surface area contributed by atoms with Crippen molar-refractivity contribution in [3.05, 3.63) is 46.8 Å². The molecule has 9 nitrogen and oxygen atoms in total. The molecule has 184 valence electrons. The van der Waals surface area contributed by atoms with Gasteiger partial charge in [0, 0.05) is 44.8 Å². The van der Waals surface area contributed by atoms with Crippen molar-refractivity contribution in [2.24, 2.45) is 5.92 Å². The fraction of sp³-hybridized carbons (Fsp3) is 0.542. The van der Waals surface area contributed by atoms with Crippen LogP contribution in [0.1, 0.15) is 46.6 Å². The number of carbonyl (C=O) groups excluding carboxylic acids is 2. The van der Waals surface area contributed by atoms with Crippen molar-refractivity contribution in [1.82, 2.24) is 19.3 Å². The average Bonchev–Trinajstić information content (AvgIpc) is 3.01. The van der Waals surface area contributed by atoms with Crippen LogP contribution in [0.15, 0.2) is 33.7 Å².